The van der Waals surface area contributed by atoms with Crippen LogP contribution in [-0.4, -0.2) is 21.8 Å². The zero-order valence-corrected chi connectivity index (χ0v) is 16.4. The summed E-state index contributed by atoms with van der Waals surface area (Å²) in [5.41, 5.74) is 2.54. The van der Waals surface area contributed by atoms with E-state index in [4.69, 9.17) is 23.2 Å². The van der Waals surface area contributed by atoms with Gasteiger partial charge in [0.2, 0.25) is 0 Å². The summed E-state index contributed by atoms with van der Waals surface area (Å²) in [6, 6.07) is 18.4. The molecule has 0 aliphatic carbocycles. The van der Waals surface area contributed by atoms with Crippen LogP contribution in [0.3, 0.4) is 0 Å². The summed E-state index contributed by atoms with van der Waals surface area (Å²) in [7, 11) is 0. The molecule has 1 heterocycles. The van der Waals surface area contributed by atoms with E-state index in [9.17, 15) is 15.0 Å². The van der Waals surface area contributed by atoms with Gasteiger partial charge in [0.05, 0.1) is 11.3 Å². The number of rotatable bonds is 3. The fourth-order valence-electron chi connectivity index (χ4n) is 2.99. The van der Waals surface area contributed by atoms with Crippen LogP contribution in [-0.2, 0) is 4.79 Å². The van der Waals surface area contributed by atoms with Gasteiger partial charge in [0.1, 0.15) is 5.71 Å². The van der Waals surface area contributed by atoms with E-state index >= 15 is 0 Å². The molecule has 1 aliphatic heterocycles. The van der Waals surface area contributed by atoms with Crippen LogP contribution >= 0.6 is 23.2 Å². The van der Waals surface area contributed by atoms with Gasteiger partial charge in [-0.3, -0.25) is 4.79 Å². The molecular formula is C22H14Cl2N2O3. The largest absolute Gasteiger partial charge is 0.504 e. The number of anilines is 1. The van der Waals surface area contributed by atoms with Crippen molar-refractivity contribution in [2.45, 2.75) is 0 Å². The van der Waals surface area contributed by atoms with E-state index in [2.05, 4.69) is 5.10 Å². The average molecular weight is 425 g/mol. The molecule has 0 spiro atoms. The molecule has 0 radical (unpaired) electrons. The third-order valence-electron chi connectivity index (χ3n) is 4.33. The van der Waals surface area contributed by atoms with Crippen molar-refractivity contribution < 1.29 is 15.0 Å². The smallest absolute Gasteiger partial charge is 0.281 e. The molecule has 0 fully saturated rings. The summed E-state index contributed by atoms with van der Waals surface area (Å²) in [5, 5.41) is 25.8. The first-order valence-electron chi connectivity index (χ1n) is 8.61. The van der Waals surface area contributed by atoms with Crippen molar-refractivity contribution in [3.63, 3.8) is 0 Å². The summed E-state index contributed by atoms with van der Waals surface area (Å²) in [6.45, 7) is 0. The minimum absolute atomic E-state index is 0.239. The maximum atomic E-state index is 13.2. The molecule has 0 atom stereocenters. The molecule has 1 aliphatic rings. The minimum atomic E-state index is -0.366. The monoisotopic (exact) mass is 424 g/mol. The van der Waals surface area contributed by atoms with Crippen LogP contribution in [0.1, 0.15) is 11.1 Å². The van der Waals surface area contributed by atoms with E-state index in [1.165, 1.54) is 17.1 Å². The van der Waals surface area contributed by atoms with Gasteiger partial charge in [0.15, 0.2) is 11.5 Å². The summed E-state index contributed by atoms with van der Waals surface area (Å²) < 4.78 is 0. The van der Waals surface area contributed by atoms with Crippen LogP contribution in [0.25, 0.3) is 6.08 Å². The normalized spacial score (nSPS) is 15.1. The van der Waals surface area contributed by atoms with E-state index in [1.54, 1.807) is 30.3 Å². The maximum Gasteiger partial charge on any atom is 0.281 e. The Kier molecular flexibility index (Phi) is 5.01. The quantitative estimate of drug-likeness (QED) is 0.445. The summed E-state index contributed by atoms with van der Waals surface area (Å²) >= 11 is 12.2. The zero-order chi connectivity index (χ0) is 20.5. The Balaban J connectivity index is 1.85. The molecule has 2 N–H and O–H groups in total. The second-order valence-electron chi connectivity index (χ2n) is 6.37. The number of phenolic OH excluding ortho intramolecular Hbond substituents is 2. The van der Waals surface area contributed by atoms with Crippen molar-refractivity contribution in [2.75, 3.05) is 5.01 Å². The molecule has 5 nitrogen and oxygen atoms in total. The second-order valence-corrected chi connectivity index (χ2v) is 7.24. The molecule has 0 bridgehead atoms. The van der Waals surface area contributed by atoms with Gasteiger partial charge in [0, 0.05) is 15.6 Å². The van der Waals surface area contributed by atoms with Gasteiger partial charge in [-0.05, 0) is 42.0 Å². The van der Waals surface area contributed by atoms with Crippen LogP contribution < -0.4 is 5.01 Å². The Labute approximate surface area is 176 Å². The summed E-state index contributed by atoms with van der Waals surface area (Å²) in [6.07, 6.45) is 1.61. The molecule has 0 saturated carbocycles. The van der Waals surface area contributed by atoms with E-state index in [0.717, 1.165) is 5.56 Å². The van der Waals surface area contributed by atoms with Gasteiger partial charge in [0.25, 0.3) is 5.91 Å². The number of carbonyl (C=O) groups is 1. The van der Waals surface area contributed by atoms with Crippen LogP contribution in [0.5, 0.6) is 11.5 Å². The van der Waals surface area contributed by atoms with E-state index in [1.807, 2.05) is 30.3 Å². The predicted octanol–water partition coefficient (Wildman–Crippen LogP) is 5.24. The lowest BCUT2D eigenvalue weighted by Crippen LogP contribution is -2.21. The van der Waals surface area contributed by atoms with Crippen molar-refractivity contribution in [1.29, 1.82) is 0 Å². The van der Waals surface area contributed by atoms with Gasteiger partial charge < -0.3 is 10.2 Å². The minimum Gasteiger partial charge on any atom is -0.504 e. The van der Waals surface area contributed by atoms with Crippen molar-refractivity contribution in [3.8, 4) is 11.5 Å². The van der Waals surface area contributed by atoms with Crippen LogP contribution in [0.15, 0.2) is 77.4 Å². The molecule has 0 saturated heterocycles. The van der Waals surface area contributed by atoms with Gasteiger partial charge in [-0.2, -0.15) is 10.1 Å². The SMILES string of the molecule is O=C1/C(=C/c2ccc(O)c(O)c2)C(c2ccccc2)=NN1c1cc(Cl)cc(Cl)c1. The molecule has 1 amide bonds. The number of benzene rings is 3. The highest BCUT2D eigenvalue weighted by molar-refractivity contribution is 6.38. The highest BCUT2D eigenvalue weighted by atomic mass is 35.5. The number of phenols is 2. The zero-order valence-electron chi connectivity index (χ0n) is 14.9. The second kappa shape index (κ2) is 7.62. The summed E-state index contributed by atoms with van der Waals surface area (Å²) in [5.74, 6) is -0.881. The number of amides is 1. The Morgan fingerprint density at radius 1 is 0.862 bits per heavy atom. The van der Waals surface area contributed by atoms with Gasteiger partial charge in [-0.15, -0.1) is 0 Å². The Morgan fingerprint density at radius 3 is 2.21 bits per heavy atom. The maximum absolute atomic E-state index is 13.2. The van der Waals surface area contributed by atoms with E-state index < -0.39 is 0 Å². The van der Waals surface area contributed by atoms with Crippen LogP contribution in [0, 0.1) is 0 Å². The van der Waals surface area contributed by atoms with Crippen LogP contribution in [0.2, 0.25) is 10.0 Å². The third kappa shape index (κ3) is 3.83. The number of halogens is 2. The van der Waals surface area contributed by atoms with Crippen molar-refractivity contribution in [3.05, 3.63) is 93.5 Å². The van der Waals surface area contributed by atoms with E-state index in [-0.39, 0.29) is 17.4 Å². The number of hydrazone groups is 1. The standard InChI is InChI=1S/C22H14Cl2N2O3/c23-15-10-16(24)12-17(11-15)26-22(29)18(8-13-6-7-19(27)20(28)9-13)21(25-26)14-4-2-1-3-5-14/h1-12,27-28H/b18-8+. The number of carbonyl (C=O) groups excluding carboxylic acids is 1. The predicted molar refractivity (Wildman–Crippen MR) is 115 cm³/mol. The first-order chi connectivity index (χ1) is 13.9. The fraction of sp³-hybridized carbons (Fsp3) is 0. The summed E-state index contributed by atoms with van der Waals surface area (Å²) in [4.78, 5) is 13.2. The van der Waals surface area contributed by atoms with Gasteiger partial charge in [-0.25, -0.2) is 0 Å². The molecule has 0 unspecified atom stereocenters. The third-order valence-corrected chi connectivity index (χ3v) is 4.76. The lowest BCUT2D eigenvalue weighted by atomic mass is 10.00. The highest BCUT2D eigenvalue weighted by Crippen LogP contribution is 2.32. The van der Waals surface area contributed by atoms with Gasteiger partial charge >= 0.3 is 0 Å². The fourth-order valence-corrected chi connectivity index (χ4v) is 3.50. The molecular weight excluding hydrogens is 411 g/mol. The average Bonchev–Trinajstić information content (AvgIpc) is 3.01. The number of nitrogens with zero attached hydrogens (tertiary/aromatic N) is 2. The lowest BCUT2D eigenvalue weighted by molar-refractivity contribution is -0.114. The van der Waals surface area contributed by atoms with E-state index in [0.29, 0.717) is 32.6 Å². The highest BCUT2D eigenvalue weighted by Gasteiger charge is 2.32. The number of hydrogen-bond acceptors (Lipinski definition) is 4. The molecule has 3 aromatic carbocycles. The molecule has 4 rings (SSSR count). The van der Waals surface area contributed by atoms with Crippen molar-refractivity contribution in [2.24, 2.45) is 5.10 Å². The Morgan fingerprint density at radius 2 is 1.55 bits per heavy atom. The molecule has 0 aromatic heterocycles. The lowest BCUT2D eigenvalue weighted by Gasteiger charge is -2.12. The van der Waals surface area contributed by atoms with Crippen LogP contribution in [0.4, 0.5) is 5.69 Å². The Bertz CT molecular complexity index is 1150. The Hall–Kier alpha value is -3.28. The number of hydrogen-bond donors (Lipinski definition) is 2. The first kappa shape index (κ1) is 19.1. The van der Waals surface area contributed by atoms with Crippen molar-refractivity contribution in [1.82, 2.24) is 0 Å². The molecule has 29 heavy (non-hydrogen) atoms. The molecule has 3 aromatic rings. The van der Waals surface area contributed by atoms with Crippen molar-refractivity contribution >= 4 is 46.6 Å². The first-order valence-corrected chi connectivity index (χ1v) is 9.36. The molecule has 7 heteroatoms. The topological polar surface area (TPSA) is 73.1 Å². The molecule has 144 valence electrons. The number of aromatic hydroxyl groups is 2. The van der Waals surface area contributed by atoms with Gasteiger partial charge in [-0.1, -0.05) is 59.6 Å².